The minimum absolute atomic E-state index is 0.424. The van der Waals surface area contributed by atoms with Gasteiger partial charge in [-0.2, -0.15) is 0 Å². The lowest BCUT2D eigenvalue weighted by Crippen LogP contribution is -2.10. The summed E-state index contributed by atoms with van der Waals surface area (Å²) in [5, 5.41) is 0.892. The molecule has 1 aromatic heterocycles. The number of rotatable bonds is 4. The summed E-state index contributed by atoms with van der Waals surface area (Å²) in [7, 11) is 0. The summed E-state index contributed by atoms with van der Waals surface area (Å²) < 4.78 is 5.86. The molecule has 0 saturated carbocycles. The van der Waals surface area contributed by atoms with Gasteiger partial charge in [0.25, 0.3) is 0 Å². The van der Waals surface area contributed by atoms with Gasteiger partial charge in [0.15, 0.2) is 0 Å². The molecule has 7 heteroatoms. The van der Waals surface area contributed by atoms with Crippen molar-refractivity contribution in [1.82, 2.24) is 9.97 Å². The molecule has 0 aliphatic rings. The van der Waals surface area contributed by atoms with Crippen molar-refractivity contribution in [2.24, 2.45) is 5.73 Å². The zero-order chi connectivity index (χ0) is 19.0. The van der Waals surface area contributed by atoms with Crippen molar-refractivity contribution < 1.29 is 9.53 Å². The van der Waals surface area contributed by atoms with Crippen LogP contribution in [0.15, 0.2) is 60.7 Å². The maximum atomic E-state index is 11.3. The third kappa shape index (κ3) is 3.60. The molecule has 0 fully saturated rings. The molecule has 0 radical (unpaired) electrons. The number of aromatic nitrogens is 2. The number of nitrogens with zero attached hydrogens (tertiary/aromatic N) is 1. The summed E-state index contributed by atoms with van der Waals surface area (Å²) in [6.07, 6.45) is 0. The number of aromatic amines is 1. The molecule has 0 unspecified atom stereocenters. The molecule has 5 nitrogen and oxygen atoms in total. The number of H-pyrrole nitrogens is 1. The van der Waals surface area contributed by atoms with Crippen LogP contribution in [0.4, 0.5) is 0 Å². The van der Waals surface area contributed by atoms with E-state index in [-0.39, 0.29) is 0 Å². The smallest absolute Gasteiger partial charge is 0.248 e. The Morgan fingerprint density at radius 1 is 0.963 bits per heavy atom. The Bertz CT molecular complexity index is 1170. The summed E-state index contributed by atoms with van der Waals surface area (Å²) in [5.74, 6) is 1.39. The number of hydrogen-bond acceptors (Lipinski definition) is 3. The SMILES string of the molecule is NC(=O)c1ccc2nc(-c3cccc(Oc4ccc(Cl)c(Cl)c4)c3)[nH]c2c1. The number of fused-ring (bicyclic) bond motifs is 1. The summed E-state index contributed by atoms with van der Waals surface area (Å²) in [4.78, 5) is 19.1. The van der Waals surface area contributed by atoms with Crippen molar-refractivity contribution in [3.63, 3.8) is 0 Å². The summed E-state index contributed by atoms with van der Waals surface area (Å²) in [5.41, 5.74) is 8.07. The number of nitrogens with one attached hydrogen (secondary N) is 1. The van der Waals surface area contributed by atoms with Crippen LogP contribution in [-0.4, -0.2) is 15.9 Å². The van der Waals surface area contributed by atoms with E-state index in [9.17, 15) is 4.79 Å². The molecule has 0 atom stereocenters. The van der Waals surface area contributed by atoms with Gasteiger partial charge in [0, 0.05) is 17.2 Å². The molecule has 3 N–H and O–H groups in total. The molecule has 0 aliphatic carbocycles. The highest BCUT2D eigenvalue weighted by molar-refractivity contribution is 6.42. The monoisotopic (exact) mass is 397 g/mol. The van der Waals surface area contributed by atoms with Gasteiger partial charge in [0.1, 0.15) is 17.3 Å². The summed E-state index contributed by atoms with van der Waals surface area (Å²) in [6, 6.07) is 17.6. The van der Waals surface area contributed by atoms with E-state index in [2.05, 4.69) is 9.97 Å². The van der Waals surface area contributed by atoms with E-state index >= 15 is 0 Å². The zero-order valence-electron chi connectivity index (χ0n) is 13.9. The number of amides is 1. The fourth-order valence-electron chi connectivity index (χ4n) is 2.68. The number of imidazole rings is 1. The average Bonchev–Trinajstić information content (AvgIpc) is 3.08. The Labute approximate surface area is 164 Å². The van der Waals surface area contributed by atoms with Gasteiger partial charge in [0.2, 0.25) is 5.91 Å². The average molecular weight is 398 g/mol. The standard InChI is InChI=1S/C20H13Cl2N3O2/c21-15-6-5-14(10-16(15)22)27-13-3-1-2-12(8-13)20-24-17-7-4-11(19(23)26)9-18(17)25-20/h1-10H,(H2,23,26)(H,24,25). The first-order chi connectivity index (χ1) is 13.0. The molecular weight excluding hydrogens is 385 g/mol. The summed E-state index contributed by atoms with van der Waals surface area (Å²) >= 11 is 12.0. The number of carbonyl (C=O) groups excluding carboxylic acids is 1. The molecule has 3 aromatic carbocycles. The van der Waals surface area contributed by atoms with E-state index in [4.69, 9.17) is 33.7 Å². The molecule has 1 amide bonds. The normalized spacial score (nSPS) is 10.9. The van der Waals surface area contributed by atoms with Crippen LogP contribution in [0.5, 0.6) is 11.5 Å². The predicted molar refractivity (Wildman–Crippen MR) is 107 cm³/mol. The Morgan fingerprint density at radius 2 is 1.78 bits per heavy atom. The van der Waals surface area contributed by atoms with Gasteiger partial charge < -0.3 is 15.5 Å². The van der Waals surface area contributed by atoms with Crippen LogP contribution in [-0.2, 0) is 0 Å². The molecule has 4 rings (SSSR count). The van der Waals surface area contributed by atoms with E-state index in [0.29, 0.717) is 32.9 Å². The van der Waals surface area contributed by atoms with Crippen LogP contribution in [0.3, 0.4) is 0 Å². The van der Waals surface area contributed by atoms with Gasteiger partial charge in [-0.3, -0.25) is 4.79 Å². The first-order valence-electron chi connectivity index (χ1n) is 8.02. The topological polar surface area (TPSA) is 81.0 Å². The largest absolute Gasteiger partial charge is 0.457 e. The molecular formula is C20H13Cl2N3O2. The minimum Gasteiger partial charge on any atom is -0.457 e. The van der Waals surface area contributed by atoms with Crippen LogP contribution in [0.2, 0.25) is 10.0 Å². The minimum atomic E-state index is -0.481. The van der Waals surface area contributed by atoms with E-state index in [0.717, 1.165) is 16.6 Å². The lowest BCUT2D eigenvalue weighted by atomic mass is 10.2. The Hall–Kier alpha value is -3.02. The first kappa shape index (κ1) is 17.4. The maximum Gasteiger partial charge on any atom is 0.248 e. The Morgan fingerprint density at radius 3 is 2.56 bits per heavy atom. The number of hydrogen-bond donors (Lipinski definition) is 2. The van der Waals surface area contributed by atoms with Gasteiger partial charge in [0.05, 0.1) is 21.1 Å². The molecule has 1 heterocycles. The van der Waals surface area contributed by atoms with Crippen molar-refractivity contribution >= 4 is 40.1 Å². The fourth-order valence-corrected chi connectivity index (χ4v) is 2.97. The second-order valence-corrected chi connectivity index (χ2v) is 6.70. The predicted octanol–water partition coefficient (Wildman–Crippen LogP) is 5.43. The quantitative estimate of drug-likeness (QED) is 0.481. The second kappa shape index (κ2) is 6.95. The van der Waals surface area contributed by atoms with E-state index in [1.807, 2.05) is 24.3 Å². The van der Waals surface area contributed by atoms with Crippen molar-refractivity contribution in [2.75, 3.05) is 0 Å². The lowest BCUT2D eigenvalue weighted by molar-refractivity contribution is 0.100. The second-order valence-electron chi connectivity index (χ2n) is 5.89. The number of ether oxygens (including phenoxy) is 1. The Balaban J connectivity index is 1.66. The van der Waals surface area contributed by atoms with E-state index in [1.165, 1.54) is 0 Å². The van der Waals surface area contributed by atoms with Crippen LogP contribution < -0.4 is 10.5 Å². The molecule has 27 heavy (non-hydrogen) atoms. The molecule has 0 spiro atoms. The van der Waals surface area contributed by atoms with Crippen molar-refractivity contribution in [3.8, 4) is 22.9 Å². The number of primary amides is 1. The van der Waals surface area contributed by atoms with E-state index in [1.54, 1.807) is 36.4 Å². The lowest BCUT2D eigenvalue weighted by Gasteiger charge is -2.07. The number of benzene rings is 3. The number of halogens is 2. The van der Waals surface area contributed by atoms with Crippen LogP contribution in [0.25, 0.3) is 22.4 Å². The van der Waals surface area contributed by atoms with Gasteiger partial charge in [-0.25, -0.2) is 4.98 Å². The van der Waals surface area contributed by atoms with E-state index < -0.39 is 5.91 Å². The fraction of sp³-hybridized carbons (Fsp3) is 0. The molecule has 0 aliphatic heterocycles. The van der Waals surface area contributed by atoms with Crippen molar-refractivity contribution in [3.05, 3.63) is 76.3 Å². The Kier molecular flexibility index (Phi) is 4.48. The summed E-state index contributed by atoms with van der Waals surface area (Å²) in [6.45, 7) is 0. The number of carbonyl (C=O) groups is 1. The van der Waals surface area contributed by atoms with Gasteiger partial charge in [-0.15, -0.1) is 0 Å². The third-order valence-corrected chi connectivity index (χ3v) is 4.74. The highest BCUT2D eigenvalue weighted by Gasteiger charge is 2.09. The maximum absolute atomic E-state index is 11.3. The van der Waals surface area contributed by atoms with Crippen molar-refractivity contribution in [2.45, 2.75) is 0 Å². The molecule has 0 bridgehead atoms. The van der Waals surface area contributed by atoms with Crippen LogP contribution >= 0.6 is 23.2 Å². The molecule has 4 aromatic rings. The van der Waals surface area contributed by atoms with Crippen LogP contribution in [0.1, 0.15) is 10.4 Å². The van der Waals surface area contributed by atoms with Gasteiger partial charge >= 0.3 is 0 Å². The highest BCUT2D eigenvalue weighted by Crippen LogP contribution is 2.31. The molecule has 0 saturated heterocycles. The third-order valence-electron chi connectivity index (χ3n) is 4.00. The van der Waals surface area contributed by atoms with Crippen LogP contribution in [0, 0.1) is 0 Å². The first-order valence-corrected chi connectivity index (χ1v) is 8.78. The molecule has 134 valence electrons. The van der Waals surface area contributed by atoms with Crippen molar-refractivity contribution in [1.29, 1.82) is 0 Å². The highest BCUT2D eigenvalue weighted by atomic mass is 35.5. The number of nitrogens with two attached hydrogens (primary N) is 1. The van der Waals surface area contributed by atoms with Gasteiger partial charge in [-0.1, -0.05) is 35.3 Å². The van der Waals surface area contributed by atoms with Gasteiger partial charge in [-0.05, 0) is 42.5 Å². The zero-order valence-corrected chi connectivity index (χ0v) is 15.4.